The Labute approximate surface area is 98.7 Å². The zero-order chi connectivity index (χ0) is 12.0. The van der Waals surface area contributed by atoms with Crippen LogP contribution in [-0.4, -0.2) is 17.8 Å². The van der Waals surface area contributed by atoms with Gasteiger partial charge >= 0.3 is 0 Å². The van der Waals surface area contributed by atoms with Crippen LogP contribution in [-0.2, 0) is 0 Å². The molecule has 2 atom stereocenters. The molecule has 16 heavy (non-hydrogen) atoms. The van der Waals surface area contributed by atoms with Crippen LogP contribution in [0.1, 0.15) is 38.8 Å². The first-order chi connectivity index (χ1) is 7.61. The molecule has 0 amide bonds. The highest BCUT2D eigenvalue weighted by molar-refractivity contribution is 5.17. The molecule has 2 unspecified atom stereocenters. The fourth-order valence-corrected chi connectivity index (χ4v) is 1.64. The van der Waals surface area contributed by atoms with E-state index in [2.05, 4.69) is 36.5 Å². The van der Waals surface area contributed by atoms with Crippen LogP contribution in [0.3, 0.4) is 0 Å². The average molecular weight is 221 g/mol. The Kier molecular flexibility index (Phi) is 5.50. The van der Waals surface area contributed by atoms with Gasteiger partial charge in [-0.3, -0.25) is 0 Å². The molecule has 90 valence electrons. The second-order valence-corrected chi connectivity index (χ2v) is 4.69. The minimum Gasteiger partial charge on any atom is -0.393 e. The van der Waals surface area contributed by atoms with E-state index in [0.29, 0.717) is 12.0 Å². The predicted octanol–water partition coefficient (Wildman–Crippen LogP) is 2.74. The molecule has 0 aliphatic heterocycles. The molecule has 1 aromatic carbocycles. The standard InChI is InChI=1S/C14H23NO/c1-11(2)14(16)9-10-15-12(3)13-7-5-4-6-8-13/h4-8,11-12,14-16H,9-10H2,1-3H3. The van der Waals surface area contributed by atoms with Crippen LogP contribution in [0, 0.1) is 5.92 Å². The molecule has 0 fully saturated rings. The molecule has 0 aliphatic carbocycles. The van der Waals surface area contributed by atoms with Crippen molar-refractivity contribution in [2.24, 2.45) is 5.92 Å². The molecule has 2 heteroatoms. The molecular weight excluding hydrogens is 198 g/mol. The van der Waals surface area contributed by atoms with E-state index >= 15 is 0 Å². The summed E-state index contributed by atoms with van der Waals surface area (Å²) in [7, 11) is 0. The van der Waals surface area contributed by atoms with Crippen LogP contribution in [0.4, 0.5) is 0 Å². The number of aliphatic hydroxyl groups is 1. The van der Waals surface area contributed by atoms with Gasteiger partial charge in [0.2, 0.25) is 0 Å². The topological polar surface area (TPSA) is 32.3 Å². The Morgan fingerprint density at radius 2 is 1.75 bits per heavy atom. The number of aliphatic hydroxyl groups excluding tert-OH is 1. The zero-order valence-electron chi connectivity index (χ0n) is 10.5. The molecule has 0 heterocycles. The minimum atomic E-state index is -0.199. The van der Waals surface area contributed by atoms with Gasteiger partial charge in [-0.15, -0.1) is 0 Å². The molecule has 0 bridgehead atoms. The van der Waals surface area contributed by atoms with Gasteiger partial charge in [-0.05, 0) is 31.4 Å². The van der Waals surface area contributed by atoms with Crippen molar-refractivity contribution in [3.63, 3.8) is 0 Å². The van der Waals surface area contributed by atoms with Crippen LogP contribution in [0.2, 0.25) is 0 Å². The highest BCUT2D eigenvalue weighted by Gasteiger charge is 2.09. The third-order valence-corrected chi connectivity index (χ3v) is 2.96. The van der Waals surface area contributed by atoms with Gasteiger partial charge < -0.3 is 10.4 Å². The fraction of sp³-hybridized carbons (Fsp3) is 0.571. The van der Waals surface area contributed by atoms with E-state index in [1.807, 2.05) is 19.9 Å². The summed E-state index contributed by atoms with van der Waals surface area (Å²) in [5.41, 5.74) is 1.29. The van der Waals surface area contributed by atoms with Gasteiger partial charge in [-0.1, -0.05) is 44.2 Å². The average Bonchev–Trinajstić information content (AvgIpc) is 2.29. The molecule has 0 aromatic heterocycles. The van der Waals surface area contributed by atoms with Crippen molar-refractivity contribution in [3.8, 4) is 0 Å². The van der Waals surface area contributed by atoms with Crippen molar-refractivity contribution in [1.29, 1.82) is 0 Å². The van der Waals surface area contributed by atoms with Crippen LogP contribution in [0.5, 0.6) is 0 Å². The number of rotatable bonds is 6. The van der Waals surface area contributed by atoms with E-state index in [-0.39, 0.29) is 6.10 Å². The summed E-state index contributed by atoms with van der Waals surface area (Å²) in [5.74, 6) is 0.342. The van der Waals surface area contributed by atoms with Gasteiger partial charge in [-0.2, -0.15) is 0 Å². The van der Waals surface area contributed by atoms with E-state index in [9.17, 15) is 5.11 Å². The van der Waals surface area contributed by atoms with Gasteiger partial charge in [0.15, 0.2) is 0 Å². The van der Waals surface area contributed by atoms with Gasteiger partial charge in [0.1, 0.15) is 0 Å². The van der Waals surface area contributed by atoms with E-state index in [1.165, 1.54) is 5.56 Å². The Morgan fingerprint density at radius 3 is 2.31 bits per heavy atom. The minimum absolute atomic E-state index is 0.199. The number of nitrogens with one attached hydrogen (secondary N) is 1. The Balaban J connectivity index is 2.28. The maximum Gasteiger partial charge on any atom is 0.0575 e. The van der Waals surface area contributed by atoms with E-state index < -0.39 is 0 Å². The third-order valence-electron chi connectivity index (χ3n) is 2.96. The summed E-state index contributed by atoms with van der Waals surface area (Å²) < 4.78 is 0. The molecule has 0 saturated heterocycles. The molecule has 0 aliphatic rings. The molecule has 1 rings (SSSR count). The molecule has 2 nitrogen and oxygen atoms in total. The molecular formula is C14H23NO. The van der Waals surface area contributed by atoms with Crippen molar-refractivity contribution in [3.05, 3.63) is 35.9 Å². The maximum absolute atomic E-state index is 9.67. The lowest BCUT2D eigenvalue weighted by Crippen LogP contribution is -2.25. The van der Waals surface area contributed by atoms with Crippen LogP contribution < -0.4 is 5.32 Å². The van der Waals surface area contributed by atoms with Crippen LogP contribution in [0.15, 0.2) is 30.3 Å². The third kappa shape index (κ3) is 4.33. The molecule has 2 N–H and O–H groups in total. The highest BCUT2D eigenvalue weighted by atomic mass is 16.3. The SMILES string of the molecule is CC(NCCC(O)C(C)C)c1ccccc1. The van der Waals surface area contributed by atoms with E-state index in [4.69, 9.17) is 0 Å². The lowest BCUT2D eigenvalue weighted by Gasteiger charge is -2.18. The monoisotopic (exact) mass is 221 g/mol. The number of hydrogen-bond acceptors (Lipinski definition) is 2. The summed E-state index contributed by atoms with van der Waals surface area (Å²) in [5, 5.41) is 13.1. The first-order valence-electron chi connectivity index (χ1n) is 6.07. The second-order valence-electron chi connectivity index (χ2n) is 4.69. The molecule has 0 saturated carbocycles. The lowest BCUT2D eigenvalue weighted by atomic mass is 10.0. The lowest BCUT2D eigenvalue weighted by molar-refractivity contribution is 0.115. The highest BCUT2D eigenvalue weighted by Crippen LogP contribution is 2.11. The van der Waals surface area contributed by atoms with Gasteiger partial charge in [-0.25, -0.2) is 0 Å². The summed E-state index contributed by atoms with van der Waals surface area (Å²) in [6, 6.07) is 10.7. The van der Waals surface area contributed by atoms with Gasteiger partial charge in [0.05, 0.1) is 6.10 Å². The van der Waals surface area contributed by atoms with E-state index in [1.54, 1.807) is 0 Å². The van der Waals surface area contributed by atoms with Crippen molar-refractivity contribution in [2.45, 2.75) is 39.3 Å². The van der Waals surface area contributed by atoms with Gasteiger partial charge in [0, 0.05) is 6.04 Å². The first kappa shape index (κ1) is 13.2. The predicted molar refractivity (Wildman–Crippen MR) is 68.3 cm³/mol. The molecule has 0 spiro atoms. The van der Waals surface area contributed by atoms with Crippen molar-refractivity contribution in [2.75, 3.05) is 6.54 Å². The second kappa shape index (κ2) is 6.66. The Hall–Kier alpha value is -0.860. The van der Waals surface area contributed by atoms with Crippen molar-refractivity contribution in [1.82, 2.24) is 5.32 Å². The first-order valence-corrected chi connectivity index (χ1v) is 6.07. The van der Waals surface area contributed by atoms with Crippen LogP contribution in [0.25, 0.3) is 0 Å². The number of benzene rings is 1. The van der Waals surface area contributed by atoms with E-state index in [0.717, 1.165) is 13.0 Å². The fourth-order valence-electron chi connectivity index (χ4n) is 1.64. The summed E-state index contributed by atoms with van der Waals surface area (Å²) in [6.07, 6.45) is 0.616. The summed E-state index contributed by atoms with van der Waals surface area (Å²) >= 11 is 0. The molecule has 1 aromatic rings. The van der Waals surface area contributed by atoms with Gasteiger partial charge in [0.25, 0.3) is 0 Å². The zero-order valence-corrected chi connectivity index (χ0v) is 10.5. The van der Waals surface area contributed by atoms with Crippen molar-refractivity contribution < 1.29 is 5.11 Å². The van der Waals surface area contributed by atoms with Crippen molar-refractivity contribution >= 4 is 0 Å². The Bertz CT molecular complexity index is 284. The smallest absolute Gasteiger partial charge is 0.0575 e. The maximum atomic E-state index is 9.67. The summed E-state index contributed by atoms with van der Waals surface area (Å²) in [6.45, 7) is 7.10. The normalized spacial score (nSPS) is 15.1. The van der Waals surface area contributed by atoms with Crippen LogP contribution >= 0.6 is 0 Å². The quantitative estimate of drug-likeness (QED) is 0.774. The molecule has 0 radical (unpaired) electrons. The Morgan fingerprint density at radius 1 is 1.12 bits per heavy atom. The summed E-state index contributed by atoms with van der Waals surface area (Å²) in [4.78, 5) is 0. The number of hydrogen-bond donors (Lipinski definition) is 2. The largest absolute Gasteiger partial charge is 0.393 e.